The molecule has 0 N–H and O–H groups in total. The molecular formula is C27H47NO7S. The van der Waals surface area contributed by atoms with Crippen molar-refractivity contribution in [2.75, 3.05) is 19.8 Å². The quantitative estimate of drug-likeness (QED) is 0.201. The number of nitro groups is 1. The van der Waals surface area contributed by atoms with Gasteiger partial charge in [-0.05, 0) is 87.4 Å². The van der Waals surface area contributed by atoms with Gasteiger partial charge in [-0.2, -0.15) is 8.42 Å². The van der Waals surface area contributed by atoms with Crippen LogP contribution in [0.25, 0.3) is 0 Å². The second-order valence-electron chi connectivity index (χ2n) is 11.8. The minimum Gasteiger partial charge on any atom is -0.378 e. The summed E-state index contributed by atoms with van der Waals surface area (Å²) in [4.78, 5) is 10.8. The van der Waals surface area contributed by atoms with Crippen LogP contribution in [0.15, 0.2) is 0 Å². The summed E-state index contributed by atoms with van der Waals surface area (Å²) in [5.41, 5.74) is 0. The lowest BCUT2D eigenvalue weighted by molar-refractivity contribution is -0.527. The molecule has 0 bridgehead atoms. The number of hydrogen-bond acceptors (Lipinski definition) is 7. The first-order valence-corrected chi connectivity index (χ1v) is 16.1. The first-order chi connectivity index (χ1) is 17.4. The number of rotatable bonds is 11. The van der Waals surface area contributed by atoms with Gasteiger partial charge in [0.1, 0.15) is 0 Å². The summed E-state index contributed by atoms with van der Waals surface area (Å²) in [7, 11) is -3.70. The van der Waals surface area contributed by atoms with Crippen LogP contribution in [0, 0.1) is 39.7 Å². The van der Waals surface area contributed by atoms with Crippen LogP contribution in [-0.2, 0) is 23.8 Å². The zero-order chi connectivity index (χ0) is 25.7. The highest BCUT2D eigenvalue weighted by Gasteiger charge is 2.54. The third-order valence-corrected chi connectivity index (χ3v) is 11.2. The van der Waals surface area contributed by atoms with Crippen molar-refractivity contribution in [3.05, 3.63) is 10.1 Å². The molecule has 7 unspecified atom stereocenters. The maximum absolute atomic E-state index is 13.3. The fourth-order valence-corrected chi connectivity index (χ4v) is 9.14. The van der Waals surface area contributed by atoms with Gasteiger partial charge >= 0.3 is 0 Å². The highest BCUT2D eigenvalue weighted by atomic mass is 32.2. The Morgan fingerprint density at radius 2 is 1.33 bits per heavy atom. The molecule has 0 amide bonds. The molecule has 0 spiro atoms. The standard InChI is InChI=1S/C27H47NO7S/c1-3-15-33-26-22-7-5-6-8-23(22)27(34-16-4-2)25-17-21(13-14-24(25)26)36(31,32)35-18-19-9-11-20(12-10-19)28(29)30/h19-27H,3-18H2,1-2H3. The maximum Gasteiger partial charge on any atom is 0.270 e. The highest BCUT2D eigenvalue weighted by Crippen LogP contribution is 2.53. The SMILES string of the molecule is CCCOC1C2CCCCC2C(OCCC)C2CC(S(=O)(=O)OCC3CCC([N+](=O)[O-])CC3)CCC21. The van der Waals surface area contributed by atoms with Crippen molar-refractivity contribution in [1.82, 2.24) is 0 Å². The topological polar surface area (TPSA) is 105 Å². The summed E-state index contributed by atoms with van der Waals surface area (Å²) in [6, 6.07) is -0.494. The Kier molecular flexibility index (Phi) is 10.1. The predicted molar refractivity (Wildman–Crippen MR) is 138 cm³/mol. The van der Waals surface area contributed by atoms with Gasteiger partial charge in [-0.1, -0.05) is 26.7 Å². The molecule has 8 nitrogen and oxygen atoms in total. The molecule has 4 aliphatic carbocycles. The lowest BCUT2D eigenvalue weighted by Crippen LogP contribution is -2.57. The normalized spacial score (nSPS) is 39.2. The molecule has 0 aromatic carbocycles. The molecule has 0 aromatic rings. The molecule has 0 saturated heterocycles. The maximum atomic E-state index is 13.3. The smallest absolute Gasteiger partial charge is 0.270 e. The average molecular weight is 530 g/mol. The second kappa shape index (κ2) is 12.9. The molecule has 7 atom stereocenters. The third-order valence-electron chi connectivity index (χ3n) is 9.49. The Bertz CT molecular complexity index is 813. The second-order valence-corrected chi connectivity index (χ2v) is 13.7. The summed E-state index contributed by atoms with van der Waals surface area (Å²) in [6.45, 7) is 5.92. The zero-order valence-corrected chi connectivity index (χ0v) is 23.0. The van der Waals surface area contributed by atoms with Crippen LogP contribution in [0.1, 0.15) is 97.3 Å². The summed E-state index contributed by atoms with van der Waals surface area (Å²) < 4.78 is 45.3. The molecule has 0 aromatic heterocycles. The van der Waals surface area contributed by atoms with Crippen molar-refractivity contribution in [2.24, 2.45) is 29.6 Å². The van der Waals surface area contributed by atoms with Crippen molar-refractivity contribution < 1.29 is 27.0 Å². The first-order valence-electron chi connectivity index (χ1n) is 14.6. The fourth-order valence-electron chi connectivity index (χ4n) is 7.69. The molecule has 0 radical (unpaired) electrons. The van der Waals surface area contributed by atoms with Crippen molar-refractivity contribution in [2.45, 2.75) is 121 Å². The van der Waals surface area contributed by atoms with Crippen LogP contribution >= 0.6 is 0 Å². The number of hydrogen-bond donors (Lipinski definition) is 0. The Morgan fingerprint density at radius 1 is 0.778 bits per heavy atom. The van der Waals surface area contributed by atoms with Gasteiger partial charge in [0.2, 0.25) is 6.04 Å². The van der Waals surface area contributed by atoms with E-state index >= 15 is 0 Å². The molecule has 36 heavy (non-hydrogen) atoms. The molecular weight excluding hydrogens is 482 g/mol. The Balaban J connectivity index is 1.43. The van der Waals surface area contributed by atoms with Crippen molar-refractivity contribution in [1.29, 1.82) is 0 Å². The number of fused-ring (bicyclic) bond motifs is 2. The summed E-state index contributed by atoms with van der Waals surface area (Å²) in [5.74, 6) is 1.59. The molecule has 208 valence electrons. The Morgan fingerprint density at radius 3 is 1.89 bits per heavy atom. The van der Waals surface area contributed by atoms with E-state index in [0.29, 0.717) is 56.3 Å². The Labute approximate surface area is 217 Å². The van der Waals surface area contributed by atoms with E-state index in [0.717, 1.165) is 38.9 Å². The van der Waals surface area contributed by atoms with E-state index in [4.69, 9.17) is 13.7 Å². The fraction of sp³-hybridized carbons (Fsp3) is 1.00. The van der Waals surface area contributed by atoms with Crippen molar-refractivity contribution in [3.8, 4) is 0 Å². The van der Waals surface area contributed by atoms with Crippen LogP contribution in [-0.4, -0.2) is 56.7 Å². The minimum absolute atomic E-state index is 0.0810. The van der Waals surface area contributed by atoms with Gasteiger partial charge in [0, 0.05) is 31.0 Å². The van der Waals surface area contributed by atoms with Gasteiger partial charge in [-0.3, -0.25) is 14.3 Å². The lowest BCUT2D eigenvalue weighted by Gasteiger charge is -2.55. The van der Waals surface area contributed by atoms with Crippen LogP contribution in [0.5, 0.6) is 0 Å². The van der Waals surface area contributed by atoms with Gasteiger partial charge in [0.15, 0.2) is 0 Å². The number of nitrogens with zero attached hydrogens (tertiary/aromatic N) is 1. The average Bonchev–Trinajstić information content (AvgIpc) is 2.89. The van der Waals surface area contributed by atoms with Crippen LogP contribution in [0.3, 0.4) is 0 Å². The lowest BCUT2D eigenvalue weighted by atomic mass is 9.56. The first kappa shape index (κ1) is 28.2. The van der Waals surface area contributed by atoms with Crippen molar-refractivity contribution >= 4 is 10.1 Å². The van der Waals surface area contributed by atoms with Gasteiger partial charge in [0.05, 0.1) is 24.1 Å². The molecule has 4 fully saturated rings. The molecule has 9 heteroatoms. The molecule has 0 aliphatic heterocycles. The van der Waals surface area contributed by atoms with Gasteiger partial charge < -0.3 is 9.47 Å². The van der Waals surface area contributed by atoms with Gasteiger partial charge in [-0.15, -0.1) is 0 Å². The van der Waals surface area contributed by atoms with Crippen LogP contribution < -0.4 is 0 Å². The van der Waals surface area contributed by atoms with E-state index in [1.54, 1.807) is 0 Å². The van der Waals surface area contributed by atoms with Gasteiger partial charge in [0.25, 0.3) is 10.1 Å². The predicted octanol–water partition coefficient (Wildman–Crippen LogP) is 5.36. The minimum atomic E-state index is -3.70. The van der Waals surface area contributed by atoms with E-state index in [1.165, 1.54) is 19.3 Å². The van der Waals surface area contributed by atoms with Gasteiger partial charge in [-0.25, -0.2) is 0 Å². The largest absolute Gasteiger partial charge is 0.378 e. The molecule has 0 heterocycles. The third kappa shape index (κ3) is 6.44. The molecule has 4 aliphatic rings. The van der Waals surface area contributed by atoms with E-state index in [1.807, 2.05) is 0 Å². The van der Waals surface area contributed by atoms with Crippen LogP contribution in [0.2, 0.25) is 0 Å². The molecule has 4 saturated carbocycles. The summed E-state index contributed by atoms with van der Waals surface area (Å²) in [5, 5.41) is 10.5. The highest BCUT2D eigenvalue weighted by molar-refractivity contribution is 7.87. The van der Waals surface area contributed by atoms with E-state index < -0.39 is 21.4 Å². The van der Waals surface area contributed by atoms with Crippen molar-refractivity contribution in [3.63, 3.8) is 0 Å². The monoisotopic (exact) mass is 529 g/mol. The zero-order valence-electron chi connectivity index (χ0n) is 22.2. The van der Waals surface area contributed by atoms with E-state index in [2.05, 4.69) is 13.8 Å². The number of ether oxygens (including phenoxy) is 2. The van der Waals surface area contributed by atoms with E-state index in [-0.39, 0.29) is 35.6 Å². The summed E-state index contributed by atoms with van der Waals surface area (Å²) in [6.07, 6.45) is 11.5. The van der Waals surface area contributed by atoms with Crippen LogP contribution in [0.4, 0.5) is 0 Å². The van der Waals surface area contributed by atoms with E-state index in [9.17, 15) is 18.5 Å². The molecule has 4 rings (SSSR count). The summed E-state index contributed by atoms with van der Waals surface area (Å²) >= 11 is 0. The Hall–Kier alpha value is -0.770.